The molecule has 0 fully saturated rings. The number of halogens is 2. The molecular weight excluding hydrogens is 349 g/mol. The van der Waals surface area contributed by atoms with Gasteiger partial charge in [-0.3, -0.25) is 4.90 Å². The van der Waals surface area contributed by atoms with Crippen LogP contribution in [0.2, 0.25) is 0 Å². The molecule has 4 nitrogen and oxygen atoms in total. The Bertz CT molecular complexity index is 706. The lowest BCUT2D eigenvalue weighted by Crippen LogP contribution is -2.33. The van der Waals surface area contributed by atoms with Crippen LogP contribution in [0.4, 0.5) is 20.6 Å². The molecule has 116 valence electrons. The molecule has 2 amide bonds. The quantitative estimate of drug-likeness (QED) is 0.863. The summed E-state index contributed by atoms with van der Waals surface area (Å²) in [7, 11) is 0. The van der Waals surface area contributed by atoms with Crippen molar-refractivity contribution in [2.45, 2.75) is 19.9 Å². The number of urea groups is 1. The summed E-state index contributed by atoms with van der Waals surface area (Å²) in [6, 6.07) is 9.08. The Morgan fingerprint density at radius 1 is 1.23 bits per heavy atom. The summed E-state index contributed by atoms with van der Waals surface area (Å²) in [6.07, 6.45) is 0.677. The zero-order chi connectivity index (χ0) is 16.3. The number of hydrogen-bond donors (Lipinski definition) is 2. The van der Waals surface area contributed by atoms with Crippen molar-refractivity contribution in [3.63, 3.8) is 0 Å². The average Bonchev–Trinajstić information content (AvgIpc) is 2.50. The zero-order valence-electron chi connectivity index (χ0n) is 12.1. The molecule has 0 radical (unpaired) electrons. The Morgan fingerprint density at radius 2 is 1.95 bits per heavy atom. The molecule has 0 saturated carbocycles. The molecular formula is C16H17BrFN3O. The fourth-order valence-electron chi connectivity index (χ4n) is 2.28. The summed E-state index contributed by atoms with van der Waals surface area (Å²) in [5.74, 6) is -0.527. The molecule has 0 saturated heterocycles. The van der Waals surface area contributed by atoms with Crippen molar-refractivity contribution in [2.75, 3.05) is 4.90 Å². The Balaban J connectivity index is 2.64. The first kappa shape index (κ1) is 16.5. The van der Waals surface area contributed by atoms with E-state index in [1.807, 2.05) is 13.0 Å². The minimum absolute atomic E-state index is 0.104. The summed E-state index contributed by atoms with van der Waals surface area (Å²) in [5, 5.41) is 0. The Morgan fingerprint density at radius 3 is 2.55 bits per heavy atom. The van der Waals surface area contributed by atoms with Crippen molar-refractivity contribution in [2.24, 2.45) is 11.5 Å². The molecule has 22 heavy (non-hydrogen) atoms. The summed E-state index contributed by atoms with van der Waals surface area (Å²) in [4.78, 5) is 13.1. The molecule has 0 heterocycles. The van der Waals surface area contributed by atoms with Gasteiger partial charge in [-0.15, -0.1) is 0 Å². The monoisotopic (exact) mass is 365 g/mol. The van der Waals surface area contributed by atoms with Gasteiger partial charge in [0, 0.05) is 11.0 Å². The van der Waals surface area contributed by atoms with Gasteiger partial charge >= 0.3 is 6.03 Å². The molecule has 0 aliphatic rings. The van der Waals surface area contributed by atoms with Gasteiger partial charge in [0.05, 0.1) is 11.4 Å². The molecule has 6 heteroatoms. The number of carbonyl (C=O) groups is 1. The molecule has 0 unspecified atom stereocenters. The highest BCUT2D eigenvalue weighted by Gasteiger charge is 2.21. The molecule has 4 N–H and O–H groups in total. The molecule has 2 aromatic rings. The second-order valence-electron chi connectivity index (χ2n) is 4.79. The molecule has 2 aromatic carbocycles. The maximum Gasteiger partial charge on any atom is 0.323 e. The number of anilines is 2. The first-order chi connectivity index (χ1) is 10.5. The van der Waals surface area contributed by atoms with E-state index in [4.69, 9.17) is 11.5 Å². The third kappa shape index (κ3) is 3.28. The molecule has 0 aromatic heterocycles. The van der Waals surface area contributed by atoms with Crippen LogP contribution in [0.5, 0.6) is 0 Å². The van der Waals surface area contributed by atoms with Gasteiger partial charge in [-0.05, 0) is 47.9 Å². The van der Waals surface area contributed by atoms with Crippen molar-refractivity contribution >= 4 is 33.3 Å². The van der Waals surface area contributed by atoms with Gasteiger partial charge in [0.2, 0.25) is 0 Å². The van der Waals surface area contributed by atoms with E-state index < -0.39 is 11.8 Å². The smallest absolute Gasteiger partial charge is 0.323 e. The molecule has 0 spiro atoms. The van der Waals surface area contributed by atoms with Gasteiger partial charge in [-0.2, -0.15) is 0 Å². The van der Waals surface area contributed by atoms with Crippen LogP contribution >= 0.6 is 15.9 Å². The van der Waals surface area contributed by atoms with Crippen molar-refractivity contribution in [3.05, 3.63) is 57.8 Å². The molecule has 2 rings (SSSR count). The van der Waals surface area contributed by atoms with E-state index in [2.05, 4.69) is 15.9 Å². The predicted molar refractivity (Wildman–Crippen MR) is 89.5 cm³/mol. The lowest BCUT2D eigenvalue weighted by atomic mass is 10.1. The number of amides is 2. The number of hydrogen-bond acceptors (Lipinski definition) is 2. The van der Waals surface area contributed by atoms with E-state index >= 15 is 0 Å². The Hall–Kier alpha value is -1.92. The van der Waals surface area contributed by atoms with E-state index in [1.54, 1.807) is 24.3 Å². The number of benzene rings is 2. The molecule has 0 atom stereocenters. The maximum absolute atomic E-state index is 14.2. The van der Waals surface area contributed by atoms with E-state index in [0.717, 1.165) is 15.6 Å². The van der Waals surface area contributed by atoms with Crippen molar-refractivity contribution in [3.8, 4) is 0 Å². The number of nitrogens with zero attached hydrogens (tertiary/aromatic N) is 1. The van der Waals surface area contributed by atoms with Gasteiger partial charge < -0.3 is 11.5 Å². The summed E-state index contributed by atoms with van der Waals surface area (Å²) in [6.45, 7) is 2.21. The summed E-state index contributed by atoms with van der Waals surface area (Å²) < 4.78 is 15.1. The van der Waals surface area contributed by atoms with Crippen LogP contribution in [0.15, 0.2) is 40.9 Å². The van der Waals surface area contributed by atoms with Gasteiger partial charge in [0.1, 0.15) is 5.82 Å². The molecule has 0 aliphatic carbocycles. The fraction of sp³-hybridized carbons (Fsp3) is 0.188. The fourth-order valence-corrected chi connectivity index (χ4v) is 2.69. The average molecular weight is 366 g/mol. The van der Waals surface area contributed by atoms with Crippen LogP contribution in [0.3, 0.4) is 0 Å². The van der Waals surface area contributed by atoms with Crippen LogP contribution in [-0.2, 0) is 13.0 Å². The largest absolute Gasteiger partial charge is 0.351 e. The summed E-state index contributed by atoms with van der Waals surface area (Å²) >= 11 is 3.39. The van der Waals surface area contributed by atoms with Crippen molar-refractivity contribution in [1.82, 2.24) is 0 Å². The zero-order valence-corrected chi connectivity index (χ0v) is 13.7. The van der Waals surface area contributed by atoms with Crippen molar-refractivity contribution in [1.29, 1.82) is 0 Å². The molecule has 0 aliphatic heterocycles. The van der Waals surface area contributed by atoms with Gasteiger partial charge in [-0.25, -0.2) is 9.18 Å². The van der Waals surface area contributed by atoms with E-state index in [0.29, 0.717) is 12.1 Å². The Labute approximate surface area is 137 Å². The Kier molecular flexibility index (Phi) is 5.15. The van der Waals surface area contributed by atoms with E-state index in [1.165, 1.54) is 11.0 Å². The number of nitrogens with two attached hydrogens (primary N) is 2. The predicted octanol–water partition coefficient (Wildman–Crippen LogP) is 3.83. The van der Waals surface area contributed by atoms with Crippen LogP contribution in [0.1, 0.15) is 18.1 Å². The maximum atomic E-state index is 14.2. The van der Waals surface area contributed by atoms with Crippen LogP contribution in [-0.4, -0.2) is 6.03 Å². The van der Waals surface area contributed by atoms with Crippen LogP contribution in [0, 0.1) is 5.82 Å². The van der Waals surface area contributed by atoms with E-state index in [9.17, 15) is 9.18 Å². The number of rotatable bonds is 4. The number of carbonyl (C=O) groups excluding carboxylic acids is 1. The van der Waals surface area contributed by atoms with Crippen LogP contribution < -0.4 is 16.4 Å². The number of aryl methyl sites for hydroxylation is 1. The number of primary amides is 1. The minimum atomic E-state index is -0.745. The third-order valence-corrected chi connectivity index (χ3v) is 3.86. The lowest BCUT2D eigenvalue weighted by Gasteiger charge is -2.24. The highest BCUT2D eigenvalue weighted by Crippen LogP contribution is 2.33. The molecule has 0 bridgehead atoms. The minimum Gasteiger partial charge on any atom is -0.351 e. The third-order valence-electron chi connectivity index (χ3n) is 3.37. The first-order valence-electron chi connectivity index (χ1n) is 6.84. The SMILES string of the molecule is CCc1cc(Br)ccc1N(C(N)=O)c1cc(CN)ccc1F. The topological polar surface area (TPSA) is 72.3 Å². The summed E-state index contributed by atoms with van der Waals surface area (Å²) in [5.41, 5.74) is 13.4. The normalized spacial score (nSPS) is 10.5. The lowest BCUT2D eigenvalue weighted by molar-refractivity contribution is 0.256. The highest BCUT2D eigenvalue weighted by atomic mass is 79.9. The van der Waals surface area contributed by atoms with Crippen LogP contribution in [0.25, 0.3) is 0 Å². The highest BCUT2D eigenvalue weighted by molar-refractivity contribution is 9.10. The van der Waals surface area contributed by atoms with Gasteiger partial charge in [0.15, 0.2) is 0 Å². The standard InChI is InChI=1S/C16H17BrFN3O/c1-2-11-8-12(17)4-6-14(11)21(16(20)22)15-7-10(9-19)3-5-13(15)18/h3-8H,2,9,19H2,1H3,(H2,20,22). The second kappa shape index (κ2) is 6.89. The van der Waals surface area contributed by atoms with Gasteiger partial charge in [0.25, 0.3) is 0 Å². The second-order valence-corrected chi connectivity index (χ2v) is 5.71. The first-order valence-corrected chi connectivity index (χ1v) is 7.63. The van der Waals surface area contributed by atoms with Crippen molar-refractivity contribution < 1.29 is 9.18 Å². The van der Waals surface area contributed by atoms with Gasteiger partial charge in [-0.1, -0.05) is 28.9 Å². The van der Waals surface area contributed by atoms with E-state index in [-0.39, 0.29) is 12.2 Å².